The average molecular weight is 393 g/mol. The van der Waals surface area contributed by atoms with Crippen molar-refractivity contribution >= 4 is 11.6 Å². The van der Waals surface area contributed by atoms with Crippen LogP contribution in [0.15, 0.2) is 47.0 Å². The van der Waals surface area contributed by atoms with Crippen LogP contribution in [-0.4, -0.2) is 22.6 Å². The maximum absolute atomic E-state index is 13.7. The van der Waals surface area contributed by atoms with E-state index in [0.29, 0.717) is 23.9 Å². The fourth-order valence-corrected chi connectivity index (χ4v) is 3.62. The van der Waals surface area contributed by atoms with Crippen molar-refractivity contribution in [1.29, 1.82) is 0 Å². The molecule has 0 N–H and O–H groups in total. The Kier molecular flexibility index (Phi) is 4.73. The number of carbonyl (C=O) groups excluding carboxylic acids is 1. The van der Waals surface area contributed by atoms with Gasteiger partial charge in [0.2, 0.25) is 5.91 Å². The van der Waals surface area contributed by atoms with Crippen LogP contribution in [0.4, 0.5) is 10.1 Å². The van der Waals surface area contributed by atoms with Gasteiger partial charge in [-0.05, 0) is 47.7 Å². The molecule has 1 atom stereocenters. The molecular formula is C23H24FN3O2. The van der Waals surface area contributed by atoms with E-state index in [0.717, 1.165) is 11.1 Å². The number of nitrogens with zero attached hydrogens (tertiary/aromatic N) is 3. The normalized spacial score (nSPS) is 17.2. The summed E-state index contributed by atoms with van der Waals surface area (Å²) in [7, 11) is 0. The summed E-state index contributed by atoms with van der Waals surface area (Å²) < 4.78 is 19.1. The summed E-state index contributed by atoms with van der Waals surface area (Å²) in [6.45, 7) is 8.76. The molecule has 29 heavy (non-hydrogen) atoms. The number of carbonyl (C=O) groups is 1. The summed E-state index contributed by atoms with van der Waals surface area (Å²) >= 11 is 0. The summed E-state index contributed by atoms with van der Waals surface area (Å²) in [6, 6.07) is 12.5. The smallest absolute Gasteiger partial charge is 0.257 e. The van der Waals surface area contributed by atoms with Gasteiger partial charge in [-0.3, -0.25) is 4.79 Å². The maximum Gasteiger partial charge on any atom is 0.257 e. The lowest BCUT2D eigenvalue weighted by Gasteiger charge is -2.18. The largest absolute Gasteiger partial charge is 0.334 e. The molecule has 0 saturated carbocycles. The number of hydrogen-bond acceptors (Lipinski definition) is 4. The number of hydrogen-bond donors (Lipinski definition) is 0. The molecule has 2 aromatic carbocycles. The van der Waals surface area contributed by atoms with Gasteiger partial charge < -0.3 is 9.42 Å². The van der Waals surface area contributed by atoms with Crippen LogP contribution in [0.2, 0.25) is 0 Å². The van der Waals surface area contributed by atoms with E-state index in [1.54, 1.807) is 11.0 Å². The lowest BCUT2D eigenvalue weighted by Crippen LogP contribution is -2.25. The van der Waals surface area contributed by atoms with Crippen molar-refractivity contribution in [1.82, 2.24) is 10.1 Å². The van der Waals surface area contributed by atoms with Crippen LogP contribution in [0, 0.1) is 12.7 Å². The summed E-state index contributed by atoms with van der Waals surface area (Å²) in [4.78, 5) is 18.7. The fraction of sp³-hybridized carbons (Fsp3) is 0.348. The highest BCUT2D eigenvalue weighted by atomic mass is 19.1. The number of anilines is 1. The molecule has 2 heterocycles. The van der Waals surface area contributed by atoms with E-state index in [9.17, 15) is 9.18 Å². The topological polar surface area (TPSA) is 59.2 Å². The first kappa shape index (κ1) is 19.3. The van der Waals surface area contributed by atoms with Crippen molar-refractivity contribution in [3.05, 3.63) is 65.2 Å². The third-order valence-corrected chi connectivity index (χ3v) is 5.39. The Morgan fingerprint density at radius 2 is 1.86 bits per heavy atom. The Labute approximate surface area is 169 Å². The molecule has 6 heteroatoms. The number of amides is 1. The molecular weight excluding hydrogens is 369 g/mol. The van der Waals surface area contributed by atoms with Gasteiger partial charge in [-0.25, -0.2) is 4.39 Å². The van der Waals surface area contributed by atoms with Crippen LogP contribution in [0.3, 0.4) is 0 Å². The van der Waals surface area contributed by atoms with Gasteiger partial charge in [0, 0.05) is 30.1 Å². The van der Waals surface area contributed by atoms with Crippen molar-refractivity contribution in [2.75, 3.05) is 11.4 Å². The van der Waals surface area contributed by atoms with Crippen molar-refractivity contribution in [3.8, 4) is 11.5 Å². The van der Waals surface area contributed by atoms with Gasteiger partial charge in [-0.1, -0.05) is 44.1 Å². The molecule has 1 unspecified atom stereocenters. The first-order valence-electron chi connectivity index (χ1n) is 9.73. The molecule has 3 aromatic rings. The molecule has 1 amide bonds. The van der Waals surface area contributed by atoms with Crippen LogP contribution in [0.1, 0.15) is 50.1 Å². The van der Waals surface area contributed by atoms with Crippen molar-refractivity contribution < 1.29 is 13.7 Å². The molecule has 1 aromatic heterocycles. The quantitative estimate of drug-likeness (QED) is 0.628. The molecule has 1 aliphatic heterocycles. The van der Waals surface area contributed by atoms with Crippen LogP contribution in [0.5, 0.6) is 0 Å². The molecule has 0 spiro atoms. The molecule has 1 aliphatic rings. The minimum absolute atomic E-state index is 0.0652. The van der Waals surface area contributed by atoms with Gasteiger partial charge in [-0.2, -0.15) is 4.98 Å². The van der Waals surface area contributed by atoms with Crippen molar-refractivity contribution in [2.45, 2.75) is 45.4 Å². The minimum atomic E-state index is -0.359. The predicted molar refractivity (Wildman–Crippen MR) is 109 cm³/mol. The third kappa shape index (κ3) is 3.79. The van der Waals surface area contributed by atoms with Gasteiger partial charge in [0.1, 0.15) is 5.82 Å². The van der Waals surface area contributed by atoms with E-state index in [1.807, 2.05) is 19.1 Å². The molecule has 0 bridgehead atoms. The van der Waals surface area contributed by atoms with Crippen LogP contribution >= 0.6 is 0 Å². The molecule has 1 saturated heterocycles. The molecule has 1 fully saturated rings. The number of benzene rings is 2. The van der Waals surface area contributed by atoms with E-state index in [2.05, 4.69) is 43.0 Å². The summed E-state index contributed by atoms with van der Waals surface area (Å²) in [5, 5.41) is 4.11. The van der Waals surface area contributed by atoms with E-state index in [1.165, 1.54) is 17.7 Å². The minimum Gasteiger partial charge on any atom is -0.334 e. The first-order valence-corrected chi connectivity index (χ1v) is 9.73. The number of halogens is 1. The van der Waals surface area contributed by atoms with Gasteiger partial charge in [0.05, 0.1) is 0 Å². The molecule has 0 radical (unpaired) electrons. The molecule has 5 nitrogen and oxygen atoms in total. The van der Waals surface area contributed by atoms with Gasteiger partial charge >= 0.3 is 0 Å². The molecule has 0 aliphatic carbocycles. The van der Waals surface area contributed by atoms with Crippen molar-refractivity contribution in [3.63, 3.8) is 0 Å². The number of rotatable bonds is 3. The lowest BCUT2D eigenvalue weighted by atomic mass is 9.87. The third-order valence-electron chi connectivity index (χ3n) is 5.39. The lowest BCUT2D eigenvalue weighted by molar-refractivity contribution is -0.117. The molecule has 4 rings (SSSR count). The zero-order valence-electron chi connectivity index (χ0n) is 17.1. The Morgan fingerprint density at radius 3 is 2.55 bits per heavy atom. The second-order valence-electron chi connectivity index (χ2n) is 8.62. The number of aromatic nitrogens is 2. The Hall–Kier alpha value is -3.02. The monoisotopic (exact) mass is 393 g/mol. The second-order valence-corrected chi connectivity index (χ2v) is 8.62. The Bertz CT molecular complexity index is 1050. The zero-order valence-corrected chi connectivity index (χ0v) is 17.1. The van der Waals surface area contributed by atoms with E-state index >= 15 is 0 Å². The Balaban J connectivity index is 1.54. The van der Waals surface area contributed by atoms with E-state index in [-0.39, 0.29) is 29.5 Å². The van der Waals surface area contributed by atoms with Crippen LogP contribution in [-0.2, 0) is 10.2 Å². The highest BCUT2D eigenvalue weighted by molar-refractivity contribution is 5.97. The van der Waals surface area contributed by atoms with Crippen LogP contribution < -0.4 is 4.90 Å². The summed E-state index contributed by atoms with van der Waals surface area (Å²) in [6.07, 6.45) is 0.276. The van der Waals surface area contributed by atoms with Gasteiger partial charge in [-0.15, -0.1) is 0 Å². The standard InChI is InChI=1S/C23H24FN3O2/c1-14-5-10-18(24)12-19(14)27-13-16(11-20(27)28)21-25-22(29-26-21)15-6-8-17(9-7-15)23(2,3)4/h5-10,12,16H,11,13H2,1-4H3. The highest BCUT2D eigenvalue weighted by Crippen LogP contribution is 2.33. The second kappa shape index (κ2) is 7.10. The summed E-state index contributed by atoms with van der Waals surface area (Å²) in [5.41, 5.74) is 3.59. The fourth-order valence-electron chi connectivity index (χ4n) is 3.62. The average Bonchev–Trinajstić information content (AvgIpc) is 3.30. The highest BCUT2D eigenvalue weighted by Gasteiger charge is 2.35. The maximum atomic E-state index is 13.7. The number of aryl methyl sites for hydroxylation is 1. The summed E-state index contributed by atoms with van der Waals surface area (Å²) in [5.74, 6) is 0.335. The van der Waals surface area contributed by atoms with Crippen molar-refractivity contribution in [2.24, 2.45) is 0 Å². The first-order chi connectivity index (χ1) is 13.7. The van der Waals surface area contributed by atoms with Gasteiger partial charge in [0.15, 0.2) is 5.82 Å². The van der Waals surface area contributed by atoms with E-state index in [4.69, 9.17) is 4.52 Å². The SMILES string of the molecule is Cc1ccc(F)cc1N1CC(c2noc(-c3ccc(C(C)(C)C)cc3)n2)CC1=O. The Morgan fingerprint density at radius 1 is 1.14 bits per heavy atom. The van der Waals surface area contributed by atoms with Crippen LogP contribution in [0.25, 0.3) is 11.5 Å². The van der Waals surface area contributed by atoms with Gasteiger partial charge in [0.25, 0.3) is 5.89 Å². The zero-order chi connectivity index (χ0) is 20.8. The molecule has 150 valence electrons. The predicted octanol–water partition coefficient (Wildman–Crippen LogP) is 5.00. The van der Waals surface area contributed by atoms with E-state index < -0.39 is 0 Å².